The maximum absolute atomic E-state index is 14.0. The van der Waals surface area contributed by atoms with Gasteiger partial charge in [0.05, 0.1) is 5.56 Å². The summed E-state index contributed by atoms with van der Waals surface area (Å²) in [5, 5.41) is 0. The third kappa shape index (κ3) is 3.76. The summed E-state index contributed by atoms with van der Waals surface area (Å²) < 4.78 is 27.5. The van der Waals surface area contributed by atoms with Crippen molar-refractivity contribution < 1.29 is 13.6 Å². The standard InChI is InChI=1S/C22H19F2N3O/c23-17-8-9-19(24)18(13-17)22(28)27-12-4-7-16(14-27)20-10-11-25-21(26-20)15-5-2-1-3-6-15/h1-3,5-6,8-11,13,16H,4,7,12,14H2/t16-/m0/s1. The predicted molar refractivity (Wildman–Crippen MR) is 102 cm³/mol. The highest BCUT2D eigenvalue weighted by atomic mass is 19.1. The van der Waals surface area contributed by atoms with Crippen molar-refractivity contribution in [2.45, 2.75) is 18.8 Å². The van der Waals surface area contributed by atoms with Crippen LogP contribution in [0.25, 0.3) is 11.4 Å². The van der Waals surface area contributed by atoms with Crippen LogP contribution in [0, 0.1) is 11.6 Å². The van der Waals surface area contributed by atoms with E-state index in [2.05, 4.69) is 9.97 Å². The lowest BCUT2D eigenvalue weighted by atomic mass is 9.94. The number of benzene rings is 2. The van der Waals surface area contributed by atoms with Crippen molar-refractivity contribution >= 4 is 5.91 Å². The molecule has 0 unspecified atom stereocenters. The summed E-state index contributed by atoms with van der Waals surface area (Å²) >= 11 is 0. The molecule has 1 atom stereocenters. The van der Waals surface area contributed by atoms with Gasteiger partial charge in [0.25, 0.3) is 5.91 Å². The van der Waals surface area contributed by atoms with Gasteiger partial charge in [0.15, 0.2) is 5.82 Å². The first kappa shape index (κ1) is 18.2. The maximum atomic E-state index is 14.0. The molecule has 1 aliphatic heterocycles. The van der Waals surface area contributed by atoms with E-state index in [0.717, 1.165) is 42.3 Å². The zero-order chi connectivity index (χ0) is 19.5. The lowest BCUT2D eigenvalue weighted by Gasteiger charge is -2.32. The second-order valence-electron chi connectivity index (χ2n) is 6.89. The van der Waals surface area contributed by atoms with E-state index in [9.17, 15) is 13.6 Å². The molecule has 2 heterocycles. The molecule has 1 saturated heterocycles. The third-order valence-corrected chi connectivity index (χ3v) is 4.99. The Morgan fingerprint density at radius 3 is 2.71 bits per heavy atom. The number of hydrogen-bond acceptors (Lipinski definition) is 3. The molecule has 2 aromatic carbocycles. The molecule has 6 heteroatoms. The highest BCUT2D eigenvalue weighted by molar-refractivity contribution is 5.94. The maximum Gasteiger partial charge on any atom is 0.256 e. The molecule has 0 radical (unpaired) electrons. The minimum absolute atomic E-state index is 0.0276. The van der Waals surface area contributed by atoms with Crippen molar-refractivity contribution in [3.05, 3.63) is 83.7 Å². The fourth-order valence-electron chi connectivity index (χ4n) is 3.56. The molecule has 1 aliphatic rings. The van der Waals surface area contributed by atoms with Crippen molar-refractivity contribution in [1.82, 2.24) is 14.9 Å². The second-order valence-corrected chi connectivity index (χ2v) is 6.89. The van der Waals surface area contributed by atoms with E-state index in [4.69, 9.17) is 0 Å². The van der Waals surface area contributed by atoms with E-state index in [1.54, 1.807) is 11.1 Å². The van der Waals surface area contributed by atoms with E-state index in [-0.39, 0.29) is 11.5 Å². The Morgan fingerprint density at radius 1 is 1.07 bits per heavy atom. The molecule has 0 aliphatic carbocycles. The van der Waals surface area contributed by atoms with Gasteiger partial charge in [-0.25, -0.2) is 18.7 Å². The molecule has 3 aromatic rings. The van der Waals surface area contributed by atoms with Crippen molar-refractivity contribution in [1.29, 1.82) is 0 Å². The Labute approximate surface area is 161 Å². The van der Waals surface area contributed by atoms with Gasteiger partial charge in [-0.05, 0) is 37.1 Å². The molecule has 28 heavy (non-hydrogen) atoms. The molecule has 142 valence electrons. The largest absolute Gasteiger partial charge is 0.338 e. The van der Waals surface area contributed by atoms with Gasteiger partial charge in [0.1, 0.15) is 11.6 Å². The van der Waals surface area contributed by atoms with Gasteiger partial charge in [-0.2, -0.15) is 0 Å². The quantitative estimate of drug-likeness (QED) is 0.676. The van der Waals surface area contributed by atoms with Gasteiger partial charge in [-0.15, -0.1) is 0 Å². The molecule has 0 N–H and O–H groups in total. The van der Waals surface area contributed by atoms with Crippen LogP contribution in [-0.4, -0.2) is 33.9 Å². The van der Waals surface area contributed by atoms with Crippen LogP contribution in [0.2, 0.25) is 0 Å². The van der Waals surface area contributed by atoms with Gasteiger partial charge in [-0.3, -0.25) is 4.79 Å². The highest BCUT2D eigenvalue weighted by Crippen LogP contribution is 2.28. The first-order chi connectivity index (χ1) is 13.6. The third-order valence-electron chi connectivity index (χ3n) is 4.99. The van der Waals surface area contributed by atoms with Crippen LogP contribution in [0.4, 0.5) is 8.78 Å². The Bertz CT molecular complexity index is 994. The van der Waals surface area contributed by atoms with E-state index >= 15 is 0 Å². The molecule has 0 saturated carbocycles. The zero-order valence-electron chi connectivity index (χ0n) is 15.2. The van der Waals surface area contributed by atoms with E-state index in [1.165, 1.54) is 0 Å². The van der Waals surface area contributed by atoms with Crippen molar-refractivity contribution in [2.75, 3.05) is 13.1 Å². The SMILES string of the molecule is O=C(c1cc(F)ccc1F)N1CCC[C@H](c2ccnc(-c3ccccc3)n2)C1. The van der Waals surface area contributed by atoms with E-state index < -0.39 is 17.5 Å². The summed E-state index contributed by atoms with van der Waals surface area (Å²) in [4.78, 5) is 23.3. The molecule has 1 fully saturated rings. The van der Waals surface area contributed by atoms with Gasteiger partial charge in [0, 0.05) is 36.5 Å². The topological polar surface area (TPSA) is 46.1 Å². The molecule has 0 bridgehead atoms. The molecule has 4 rings (SSSR count). The van der Waals surface area contributed by atoms with E-state index in [1.807, 2.05) is 36.4 Å². The Balaban J connectivity index is 1.56. The summed E-state index contributed by atoms with van der Waals surface area (Å²) in [6.45, 7) is 0.932. The average Bonchev–Trinajstić information content (AvgIpc) is 2.76. The predicted octanol–water partition coefficient (Wildman–Crippen LogP) is 4.44. The van der Waals surface area contributed by atoms with Crippen LogP contribution in [0.5, 0.6) is 0 Å². The smallest absolute Gasteiger partial charge is 0.256 e. The van der Waals surface area contributed by atoms with Crippen LogP contribution in [0.1, 0.15) is 34.8 Å². The van der Waals surface area contributed by atoms with Gasteiger partial charge >= 0.3 is 0 Å². The van der Waals surface area contributed by atoms with Gasteiger partial charge in [-0.1, -0.05) is 30.3 Å². The normalized spacial score (nSPS) is 16.8. The molecule has 1 aromatic heterocycles. The summed E-state index contributed by atoms with van der Waals surface area (Å²) in [5.41, 5.74) is 1.55. The number of rotatable bonds is 3. The molecule has 4 nitrogen and oxygen atoms in total. The number of nitrogens with zero attached hydrogens (tertiary/aromatic N) is 3. The molecular weight excluding hydrogens is 360 g/mol. The minimum atomic E-state index is -0.707. The number of carbonyl (C=O) groups excluding carboxylic acids is 1. The van der Waals surface area contributed by atoms with Crippen LogP contribution >= 0.6 is 0 Å². The van der Waals surface area contributed by atoms with Crippen LogP contribution < -0.4 is 0 Å². The number of likely N-dealkylation sites (tertiary alicyclic amines) is 1. The fourth-order valence-corrected chi connectivity index (χ4v) is 3.56. The minimum Gasteiger partial charge on any atom is -0.338 e. The van der Waals surface area contributed by atoms with E-state index in [0.29, 0.717) is 18.9 Å². The van der Waals surface area contributed by atoms with Crippen LogP contribution in [0.15, 0.2) is 60.8 Å². The Kier molecular flexibility index (Phi) is 5.10. The number of carbonyl (C=O) groups is 1. The fraction of sp³-hybridized carbons (Fsp3) is 0.227. The molecule has 0 spiro atoms. The van der Waals surface area contributed by atoms with Gasteiger partial charge < -0.3 is 4.90 Å². The van der Waals surface area contributed by atoms with Crippen molar-refractivity contribution in [3.8, 4) is 11.4 Å². The highest BCUT2D eigenvalue weighted by Gasteiger charge is 2.28. The first-order valence-electron chi connectivity index (χ1n) is 9.24. The summed E-state index contributed by atoms with van der Waals surface area (Å²) in [6.07, 6.45) is 3.37. The number of piperidine rings is 1. The van der Waals surface area contributed by atoms with Crippen molar-refractivity contribution in [2.24, 2.45) is 0 Å². The zero-order valence-corrected chi connectivity index (χ0v) is 15.2. The molecule has 1 amide bonds. The molecular formula is C22H19F2N3O. The Hall–Kier alpha value is -3.15. The number of halogens is 2. The first-order valence-corrected chi connectivity index (χ1v) is 9.24. The monoisotopic (exact) mass is 379 g/mol. The summed E-state index contributed by atoms with van der Waals surface area (Å²) in [5.74, 6) is -1.15. The Morgan fingerprint density at radius 2 is 1.89 bits per heavy atom. The average molecular weight is 379 g/mol. The lowest BCUT2D eigenvalue weighted by molar-refractivity contribution is 0.0700. The summed E-state index contributed by atoms with van der Waals surface area (Å²) in [7, 11) is 0. The van der Waals surface area contributed by atoms with Crippen molar-refractivity contribution in [3.63, 3.8) is 0 Å². The lowest BCUT2D eigenvalue weighted by Crippen LogP contribution is -2.39. The summed E-state index contributed by atoms with van der Waals surface area (Å²) in [6, 6.07) is 14.5. The second kappa shape index (κ2) is 7.84. The van der Waals surface area contributed by atoms with Crippen LogP contribution in [-0.2, 0) is 0 Å². The number of hydrogen-bond donors (Lipinski definition) is 0. The van der Waals surface area contributed by atoms with Crippen LogP contribution in [0.3, 0.4) is 0 Å². The number of aromatic nitrogens is 2. The number of amides is 1. The van der Waals surface area contributed by atoms with Gasteiger partial charge in [0.2, 0.25) is 0 Å².